The summed E-state index contributed by atoms with van der Waals surface area (Å²) in [5.41, 5.74) is 0.499. The maximum Gasteiger partial charge on any atom is 0.410 e. The molecule has 1 aromatic heterocycles. The summed E-state index contributed by atoms with van der Waals surface area (Å²) in [6.07, 6.45) is -3.29. The molecule has 1 aromatic carbocycles. The van der Waals surface area contributed by atoms with Crippen LogP contribution in [0.4, 0.5) is 22.4 Å². The molecule has 2 heterocycles. The van der Waals surface area contributed by atoms with E-state index in [1.165, 1.54) is 12.0 Å². The topological polar surface area (TPSA) is 80.8 Å². The molecule has 3 atom stereocenters. The lowest BCUT2D eigenvalue weighted by molar-refractivity contribution is -0.0729. The molecule has 1 aliphatic heterocycles. The number of methoxy groups -OCH3 is 1. The number of likely N-dealkylation sites (tertiary alicyclic amines) is 1. The highest BCUT2D eigenvalue weighted by atomic mass is 32.2. The van der Waals surface area contributed by atoms with Crippen molar-refractivity contribution in [3.8, 4) is 5.88 Å². The van der Waals surface area contributed by atoms with Crippen molar-refractivity contribution in [2.75, 3.05) is 20.2 Å². The number of rotatable bonds is 8. The van der Waals surface area contributed by atoms with Gasteiger partial charge in [0.25, 0.3) is 12.3 Å². The lowest BCUT2D eigenvalue weighted by atomic mass is 9.87. The van der Waals surface area contributed by atoms with Crippen LogP contribution in [-0.4, -0.2) is 57.5 Å². The Kier molecular flexibility index (Phi) is 9.17. The number of nitrogens with zero attached hydrogens (tertiary/aromatic N) is 2. The average Bonchev–Trinajstić information content (AvgIpc) is 2.85. The maximum absolute atomic E-state index is 15.0. The predicted octanol–water partition coefficient (Wildman–Crippen LogP) is 5.21. The van der Waals surface area contributed by atoms with Gasteiger partial charge in [-0.1, -0.05) is 30.3 Å². The number of ether oxygens (including phenoxy) is 2. The summed E-state index contributed by atoms with van der Waals surface area (Å²) in [4.78, 5) is 17.8. The first-order valence-corrected chi connectivity index (χ1v) is 12.8. The van der Waals surface area contributed by atoms with Gasteiger partial charge in [0.2, 0.25) is 5.88 Å². The molecule has 204 valence electrons. The van der Waals surface area contributed by atoms with E-state index in [1.54, 1.807) is 45.0 Å². The van der Waals surface area contributed by atoms with Crippen molar-refractivity contribution in [1.29, 1.82) is 0 Å². The number of amides is 1. The van der Waals surface area contributed by atoms with Crippen LogP contribution in [0.1, 0.15) is 55.8 Å². The molecule has 0 spiro atoms. The van der Waals surface area contributed by atoms with Crippen molar-refractivity contribution >= 4 is 17.1 Å². The van der Waals surface area contributed by atoms with E-state index in [9.17, 15) is 17.8 Å². The van der Waals surface area contributed by atoms with Gasteiger partial charge in [0.15, 0.2) is 0 Å². The van der Waals surface area contributed by atoms with Gasteiger partial charge in [-0.15, -0.1) is 0 Å². The molecule has 0 aliphatic carbocycles. The Labute approximate surface area is 216 Å². The van der Waals surface area contributed by atoms with Gasteiger partial charge in [0, 0.05) is 31.3 Å². The first-order chi connectivity index (χ1) is 17.3. The zero-order chi connectivity index (χ0) is 27.4. The maximum atomic E-state index is 15.0. The van der Waals surface area contributed by atoms with E-state index in [4.69, 9.17) is 9.47 Å². The number of nitrogens with one attached hydrogen (secondary N) is 1. The molecule has 0 saturated carbocycles. The molecule has 0 radical (unpaired) electrons. The third kappa shape index (κ3) is 7.19. The molecule has 3 unspecified atom stereocenters. The van der Waals surface area contributed by atoms with Crippen LogP contribution in [-0.2, 0) is 22.3 Å². The molecule has 1 saturated heterocycles. The van der Waals surface area contributed by atoms with Crippen LogP contribution in [0.2, 0.25) is 0 Å². The van der Waals surface area contributed by atoms with Crippen molar-refractivity contribution in [3.05, 3.63) is 59.3 Å². The number of carbonyl (C=O) groups is 1. The lowest BCUT2D eigenvalue weighted by Gasteiger charge is -2.38. The SMILES string of the molecule is COc1ncc(C2CN(C(=O)OCc3ccccc3)CCC2(F)F)cc1C(NS(=O)C(C)(C)C)C(F)F. The van der Waals surface area contributed by atoms with Gasteiger partial charge < -0.3 is 14.4 Å². The number of aromatic nitrogens is 1. The summed E-state index contributed by atoms with van der Waals surface area (Å²) in [5, 5.41) is 0. The van der Waals surface area contributed by atoms with Crippen molar-refractivity contribution in [2.45, 2.75) is 62.9 Å². The summed E-state index contributed by atoms with van der Waals surface area (Å²) >= 11 is 0. The summed E-state index contributed by atoms with van der Waals surface area (Å²) in [6.45, 7) is 4.20. The molecule has 3 rings (SSSR count). The van der Waals surface area contributed by atoms with Crippen LogP contribution < -0.4 is 9.46 Å². The fourth-order valence-corrected chi connectivity index (χ4v) is 4.66. The normalized spacial score (nSPS) is 19.4. The van der Waals surface area contributed by atoms with Crippen molar-refractivity contribution in [3.63, 3.8) is 0 Å². The number of piperidine rings is 1. The molecule has 7 nitrogen and oxygen atoms in total. The molecule has 1 amide bonds. The summed E-state index contributed by atoms with van der Waals surface area (Å²) in [6, 6.07) is 8.30. The van der Waals surface area contributed by atoms with Gasteiger partial charge in [0.1, 0.15) is 12.6 Å². The van der Waals surface area contributed by atoms with E-state index < -0.39 is 59.1 Å². The Balaban J connectivity index is 1.86. The molecule has 1 N–H and O–H groups in total. The van der Waals surface area contributed by atoms with Gasteiger partial charge in [0.05, 0.1) is 28.8 Å². The molecular weight excluding hydrogens is 514 g/mol. The number of hydrogen-bond donors (Lipinski definition) is 1. The Bertz CT molecular complexity index is 1100. The number of halogens is 4. The summed E-state index contributed by atoms with van der Waals surface area (Å²) in [5.74, 6) is -4.95. The minimum Gasteiger partial charge on any atom is -0.481 e. The van der Waals surface area contributed by atoms with E-state index >= 15 is 8.78 Å². The molecule has 0 bridgehead atoms. The van der Waals surface area contributed by atoms with Gasteiger partial charge in [-0.3, -0.25) is 0 Å². The van der Waals surface area contributed by atoms with Crippen LogP contribution in [0.25, 0.3) is 0 Å². The van der Waals surface area contributed by atoms with Crippen LogP contribution >= 0.6 is 0 Å². The Morgan fingerprint density at radius 2 is 1.95 bits per heavy atom. The first-order valence-electron chi connectivity index (χ1n) is 11.7. The fraction of sp³-hybridized carbons (Fsp3) is 0.520. The predicted molar refractivity (Wildman–Crippen MR) is 131 cm³/mol. The summed E-state index contributed by atoms with van der Waals surface area (Å²) in [7, 11) is -0.670. The monoisotopic (exact) mass is 545 g/mol. The molecular formula is C25H31F4N3O4S. The van der Waals surface area contributed by atoms with Gasteiger partial charge >= 0.3 is 6.09 Å². The van der Waals surface area contributed by atoms with E-state index in [-0.39, 0.29) is 30.2 Å². The second kappa shape index (κ2) is 11.8. The van der Waals surface area contributed by atoms with E-state index in [2.05, 4.69) is 9.71 Å². The molecule has 37 heavy (non-hydrogen) atoms. The smallest absolute Gasteiger partial charge is 0.410 e. The Hall–Kier alpha value is -2.73. The van der Waals surface area contributed by atoms with Gasteiger partial charge in [-0.25, -0.2) is 36.3 Å². The van der Waals surface area contributed by atoms with Crippen molar-refractivity contribution in [1.82, 2.24) is 14.6 Å². The number of carbonyl (C=O) groups excluding carboxylic acids is 1. The minimum absolute atomic E-state index is 0.0157. The lowest BCUT2D eigenvalue weighted by Crippen LogP contribution is -2.48. The van der Waals surface area contributed by atoms with Crippen molar-refractivity contribution < 1.29 is 36.0 Å². The highest BCUT2D eigenvalue weighted by molar-refractivity contribution is 7.84. The highest BCUT2D eigenvalue weighted by Gasteiger charge is 2.47. The zero-order valence-electron chi connectivity index (χ0n) is 21.0. The molecule has 2 aromatic rings. The molecule has 12 heteroatoms. The number of benzene rings is 1. The van der Waals surface area contributed by atoms with Crippen LogP contribution in [0.3, 0.4) is 0 Å². The zero-order valence-corrected chi connectivity index (χ0v) is 21.9. The van der Waals surface area contributed by atoms with Crippen molar-refractivity contribution in [2.24, 2.45) is 0 Å². The van der Waals surface area contributed by atoms with Crippen LogP contribution in [0.5, 0.6) is 5.88 Å². The highest BCUT2D eigenvalue weighted by Crippen LogP contribution is 2.42. The van der Waals surface area contributed by atoms with E-state index in [1.807, 2.05) is 6.07 Å². The second-order valence-corrected chi connectivity index (χ2v) is 11.7. The number of pyridine rings is 1. The molecule has 1 aliphatic rings. The van der Waals surface area contributed by atoms with Gasteiger partial charge in [-0.2, -0.15) is 0 Å². The quantitative estimate of drug-likeness (QED) is 0.461. The van der Waals surface area contributed by atoms with Crippen LogP contribution in [0, 0.1) is 0 Å². The second-order valence-electron chi connectivity index (χ2n) is 9.73. The van der Waals surface area contributed by atoms with E-state index in [0.717, 1.165) is 17.8 Å². The largest absolute Gasteiger partial charge is 0.481 e. The minimum atomic E-state index is -3.23. The summed E-state index contributed by atoms with van der Waals surface area (Å²) < 4.78 is 82.7. The number of alkyl halides is 4. The Morgan fingerprint density at radius 3 is 2.54 bits per heavy atom. The van der Waals surface area contributed by atoms with Gasteiger partial charge in [-0.05, 0) is 38.0 Å². The first kappa shape index (κ1) is 28.8. The van der Waals surface area contributed by atoms with E-state index in [0.29, 0.717) is 0 Å². The van der Waals surface area contributed by atoms with Crippen LogP contribution in [0.15, 0.2) is 42.6 Å². The third-order valence-corrected chi connectivity index (χ3v) is 7.54. The molecule has 1 fully saturated rings. The third-order valence-electron chi connectivity index (χ3n) is 5.96. The average molecular weight is 546 g/mol. The number of hydrogen-bond acceptors (Lipinski definition) is 5. The standard InChI is InChI=1S/C25H31F4N3O4S/c1-24(2,3)37(34)31-20(21(26)27)18-12-17(13-30-22(18)35-4)19-14-32(11-10-25(19,28)29)23(33)36-15-16-8-6-5-7-9-16/h5-9,12-13,19-21,31H,10-11,14-15H2,1-4H3. The Morgan fingerprint density at radius 1 is 1.27 bits per heavy atom. The fourth-order valence-electron chi connectivity index (χ4n) is 3.84.